The van der Waals surface area contributed by atoms with E-state index in [1.807, 2.05) is 25.1 Å². The highest BCUT2D eigenvalue weighted by Crippen LogP contribution is 2.34. The molecule has 0 bridgehead atoms. The van der Waals surface area contributed by atoms with Gasteiger partial charge in [0.1, 0.15) is 0 Å². The first kappa shape index (κ1) is 9.39. The zero-order valence-electron chi connectivity index (χ0n) is 7.13. The summed E-state index contributed by atoms with van der Waals surface area (Å²) in [5, 5.41) is 0. The maximum atomic E-state index is 5.35. The third-order valence-electron chi connectivity index (χ3n) is 1.43. The van der Waals surface area contributed by atoms with Crippen molar-refractivity contribution in [1.82, 2.24) is 0 Å². The first-order valence-electron chi connectivity index (χ1n) is 3.75. The molecule has 66 valence electrons. The average molecular weight is 231 g/mol. The van der Waals surface area contributed by atoms with Crippen molar-refractivity contribution in [3.63, 3.8) is 0 Å². The van der Waals surface area contributed by atoms with Gasteiger partial charge in [0.25, 0.3) is 0 Å². The summed E-state index contributed by atoms with van der Waals surface area (Å²) in [5.74, 6) is 1.52. The lowest BCUT2D eigenvalue weighted by molar-refractivity contribution is 0.310. The lowest BCUT2D eigenvalue weighted by Gasteiger charge is -2.09. The fraction of sp³-hybridized carbons (Fsp3) is 0.333. The molecule has 0 atom stereocenters. The molecule has 1 aromatic carbocycles. The van der Waals surface area contributed by atoms with E-state index in [1.165, 1.54) is 0 Å². The fourth-order valence-corrected chi connectivity index (χ4v) is 1.47. The van der Waals surface area contributed by atoms with E-state index >= 15 is 0 Å². The third kappa shape index (κ3) is 1.91. The normalized spacial score (nSPS) is 9.58. The molecule has 0 aliphatic rings. The number of para-hydroxylation sites is 1. The number of hydrogen-bond donors (Lipinski definition) is 0. The maximum absolute atomic E-state index is 5.35. The third-order valence-corrected chi connectivity index (χ3v) is 2.06. The van der Waals surface area contributed by atoms with Crippen molar-refractivity contribution in [2.45, 2.75) is 6.92 Å². The molecular formula is C9H11BrO2. The molecule has 0 saturated carbocycles. The average Bonchev–Trinajstić information content (AvgIpc) is 2.05. The second-order valence-corrected chi connectivity index (χ2v) is 3.06. The Kier molecular flexibility index (Phi) is 3.41. The quantitative estimate of drug-likeness (QED) is 0.796. The topological polar surface area (TPSA) is 18.5 Å². The SMILES string of the molecule is CCOc1cccc(Br)c1OC. The number of rotatable bonds is 3. The molecular weight excluding hydrogens is 220 g/mol. The van der Waals surface area contributed by atoms with Gasteiger partial charge in [0.05, 0.1) is 18.2 Å². The second kappa shape index (κ2) is 4.36. The first-order chi connectivity index (χ1) is 5.79. The van der Waals surface area contributed by atoms with Gasteiger partial charge in [0.15, 0.2) is 11.5 Å². The van der Waals surface area contributed by atoms with Crippen LogP contribution in [0.5, 0.6) is 11.5 Å². The molecule has 0 fully saturated rings. The van der Waals surface area contributed by atoms with Gasteiger partial charge in [-0.2, -0.15) is 0 Å². The Hall–Kier alpha value is -0.700. The van der Waals surface area contributed by atoms with Crippen LogP contribution >= 0.6 is 15.9 Å². The van der Waals surface area contributed by atoms with Gasteiger partial charge in [-0.05, 0) is 35.0 Å². The summed E-state index contributed by atoms with van der Waals surface area (Å²) in [4.78, 5) is 0. The van der Waals surface area contributed by atoms with Gasteiger partial charge in [-0.1, -0.05) is 6.07 Å². The van der Waals surface area contributed by atoms with Crippen LogP contribution in [0.25, 0.3) is 0 Å². The maximum Gasteiger partial charge on any atom is 0.174 e. The van der Waals surface area contributed by atoms with Crippen molar-refractivity contribution >= 4 is 15.9 Å². The molecule has 2 nitrogen and oxygen atoms in total. The molecule has 0 unspecified atom stereocenters. The summed E-state index contributed by atoms with van der Waals surface area (Å²) in [6.45, 7) is 2.59. The minimum atomic E-state index is 0.646. The number of ether oxygens (including phenoxy) is 2. The smallest absolute Gasteiger partial charge is 0.174 e. The monoisotopic (exact) mass is 230 g/mol. The van der Waals surface area contributed by atoms with Gasteiger partial charge in [-0.15, -0.1) is 0 Å². The first-order valence-corrected chi connectivity index (χ1v) is 4.54. The Morgan fingerprint density at radius 1 is 1.42 bits per heavy atom. The largest absolute Gasteiger partial charge is 0.492 e. The Bertz CT molecular complexity index is 261. The lowest BCUT2D eigenvalue weighted by atomic mass is 10.3. The van der Waals surface area contributed by atoms with Crippen LogP contribution in [0.1, 0.15) is 6.92 Å². The van der Waals surface area contributed by atoms with Crippen LogP contribution in [0.15, 0.2) is 22.7 Å². The van der Waals surface area contributed by atoms with Crippen LogP contribution in [0.2, 0.25) is 0 Å². The lowest BCUT2D eigenvalue weighted by Crippen LogP contribution is -1.95. The molecule has 0 radical (unpaired) electrons. The summed E-state index contributed by atoms with van der Waals surface area (Å²) in [5.41, 5.74) is 0. The molecule has 0 heterocycles. The fourth-order valence-electron chi connectivity index (χ4n) is 0.956. The Labute approximate surface area is 80.6 Å². The van der Waals surface area contributed by atoms with Gasteiger partial charge in [-0.25, -0.2) is 0 Å². The van der Waals surface area contributed by atoms with E-state index < -0.39 is 0 Å². The van der Waals surface area contributed by atoms with Gasteiger partial charge >= 0.3 is 0 Å². The molecule has 12 heavy (non-hydrogen) atoms. The van der Waals surface area contributed by atoms with Crippen LogP contribution in [0.4, 0.5) is 0 Å². The van der Waals surface area contributed by atoms with E-state index in [9.17, 15) is 0 Å². The predicted molar refractivity (Wildman–Crippen MR) is 51.9 cm³/mol. The Morgan fingerprint density at radius 2 is 2.17 bits per heavy atom. The zero-order valence-corrected chi connectivity index (χ0v) is 8.72. The van der Waals surface area contributed by atoms with Gasteiger partial charge in [0, 0.05) is 0 Å². The molecule has 3 heteroatoms. The number of benzene rings is 1. The summed E-state index contributed by atoms with van der Waals surface area (Å²) >= 11 is 3.37. The van der Waals surface area contributed by atoms with Crippen LogP contribution < -0.4 is 9.47 Å². The number of halogens is 1. The molecule has 0 aliphatic carbocycles. The molecule has 0 spiro atoms. The molecule has 0 amide bonds. The van der Waals surface area contributed by atoms with Crippen molar-refractivity contribution in [3.05, 3.63) is 22.7 Å². The van der Waals surface area contributed by atoms with E-state index in [0.717, 1.165) is 16.0 Å². The van der Waals surface area contributed by atoms with Gasteiger partial charge < -0.3 is 9.47 Å². The van der Waals surface area contributed by atoms with Crippen molar-refractivity contribution in [3.8, 4) is 11.5 Å². The van der Waals surface area contributed by atoms with Crippen molar-refractivity contribution < 1.29 is 9.47 Å². The standard InChI is InChI=1S/C9H11BrO2/c1-3-12-8-6-4-5-7(10)9(8)11-2/h4-6H,3H2,1-2H3. The van der Waals surface area contributed by atoms with Crippen molar-refractivity contribution in [2.75, 3.05) is 13.7 Å². The molecule has 0 aromatic heterocycles. The van der Waals surface area contributed by atoms with E-state index in [-0.39, 0.29) is 0 Å². The Morgan fingerprint density at radius 3 is 2.75 bits per heavy atom. The van der Waals surface area contributed by atoms with Crippen LogP contribution in [-0.4, -0.2) is 13.7 Å². The minimum Gasteiger partial charge on any atom is -0.492 e. The van der Waals surface area contributed by atoms with E-state index in [1.54, 1.807) is 7.11 Å². The second-order valence-electron chi connectivity index (χ2n) is 2.20. The molecule has 1 aromatic rings. The highest BCUT2D eigenvalue weighted by atomic mass is 79.9. The van der Waals surface area contributed by atoms with E-state index in [0.29, 0.717) is 6.61 Å². The number of methoxy groups -OCH3 is 1. The molecule has 0 N–H and O–H groups in total. The van der Waals surface area contributed by atoms with Crippen LogP contribution in [0, 0.1) is 0 Å². The predicted octanol–water partition coefficient (Wildman–Crippen LogP) is 2.86. The summed E-state index contributed by atoms with van der Waals surface area (Å²) in [6, 6.07) is 5.71. The van der Waals surface area contributed by atoms with Crippen LogP contribution in [0.3, 0.4) is 0 Å². The summed E-state index contributed by atoms with van der Waals surface area (Å²) in [7, 11) is 1.63. The Balaban J connectivity index is 3.00. The molecule has 0 saturated heterocycles. The minimum absolute atomic E-state index is 0.646. The van der Waals surface area contributed by atoms with Crippen molar-refractivity contribution in [2.24, 2.45) is 0 Å². The van der Waals surface area contributed by atoms with E-state index in [4.69, 9.17) is 9.47 Å². The highest BCUT2D eigenvalue weighted by Gasteiger charge is 2.06. The summed E-state index contributed by atoms with van der Waals surface area (Å²) in [6.07, 6.45) is 0. The van der Waals surface area contributed by atoms with E-state index in [2.05, 4.69) is 15.9 Å². The summed E-state index contributed by atoms with van der Waals surface area (Å²) < 4.78 is 11.4. The highest BCUT2D eigenvalue weighted by molar-refractivity contribution is 9.10. The van der Waals surface area contributed by atoms with Crippen LogP contribution in [-0.2, 0) is 0 Å². The molecule has 0 aliphatic heterocycles. The zero-order chi connectivity index (χ0) is 8.97. The van der Waals surface area contributed by atoms with Crippen molar-refractivity contribution in [1.29, 1.82) is 0 Å². The number of hydrogen-bond acceptors (Lipinski definition) is 2. The molecule has 1 rings (SSSR count). The van der Waals surface area contributed by atoms with Gasteiger partial charge in [-0.3, -0.25) is 0 Å². The van der Waals surface area contributed by atoms with Gasteiger partial charge in [0.2, 0.25) is 0 Å².